The molecule has 0 unspecified atom stereocenters. The van der Waals surface area contributed by atoms with Gasteiger partial charge in [-0.3, -0.25) is 19.9 Å². The van der Waals surface area contributed by atoms with Gasteiger partial charge in [0.2, 0.25) is 0 Å². The van der Waals surface area contributed by atoms with Gasteiger partial charge in [-0.05, 0) is 47.9 Å². The highest BCUT2D eigenvalue weighted by Crippen LogP contribution is 2.19. The van der Waals surface area contributed by atoms with Gasteiger partial charge in [-0.15, -0.1) is 0 Å². The van der Waals surface area contributed by atoms with E-state index in [4.69, 9.17) is 5.21 Å². The minimum absolute atomic E-state index is 0.345. The van der Waals surface area contributed by atoms with E-state index < -0.39 is 5.91 Å². The van der Waals surface area contributed by atoms with E-state index in [1.807, 2.05) is 36.5 Å². The summed E-state index contributed by atoms with van der Waals surface area (Å²) in [5.74, 6) is 0.243. The van der Waals surface area contributed by atoms with Gasteiger partial charge in [-0.2, -0.15) is 0 Å². The lowest BCUT2D eigenvalue weighted by molar-refractivity contribution is -0.124. The number of anilines is 1. The van der Waals surface area contributed by atoms with Gasteiger partial charge < -0.3 is 5.32 Å². The van der Waals surface area contributed by atoms with Crippen molar-refractivity contribution in [3.05, 3.63) is 72.1 Å². The molecule has 3 N–H and O–H groups in total. The standard InChI is InChI=1S/C22H23N5O2/c28-22(26-29)8-6-16-5-7-21(24-12-16)25-19-9-10-27(15-19)14-17-11-18-3-1-2-4-20(18)23-13-17/h1-8,11-13,19,29H,9-10,14-15H2,(H,24,25)(H,26,28)/t19-/m1/s1. The van der Waals surface area contributed by atoms with Crippen LogP contribution in [0.4, 0.5) is 5.82 Å². The number of hydrogen-bond acceptors (Lipinski definition) is 6. The maximum Gasteiger partial charge on any atom is 0.267 e. The maximum absolute atomic E-state index is 11.0. The van der Waals surface area contributed by atoms with Crippen molar-refractivity contribution in [3.63, 3.8) is 0 Å². The zero-order chi connectivity index (χ0) is 20.1. The molecule has 2 aromatic heterocycles. The Balaban J connectivity index is 1.31. The van der Waals surface area contributed by atoms with Crippen molar-refractivity contribution in [2.45, 2.75) is 19.0 Å². The zero-order valence-corrected chi connectivity index (χ0v) is 16.0. The Labute approximate surface area is 169 Å². The second-order valence-corrected chi connectivity index (χ2v) is 7.19. The van der Waals surface area contributed by atoms with Crippen LogP contribution in [-0.4, -0.2) is 45.1 Å². The Hall–Kier alpha value is -3.29. The number of benzene rings is 1. The van der Waals surface area contributed by atoms with E-state index in [0.717, 1.165) is 43.0 Å². The lowest BCUT2D eigenvalue weighted by atomic mass is 10.1. The molecule has 1 amide bonds. The predicted octanol–water partition coefficient (Wildman–Crippen LogP) is 2.83. The van der Waals surface area contributed by atoms with E-state index in [0.29, 0.717) is 6.04 Å². The number of pyridine rings is 2. The topological polar surface area (TPSA) is 90.4 Å². The quantitative estimate of drug-likeness (QED) is 0.341. The van der Waals surface area contributed by atoms with Crippen molar-refractivity contribution in [3.8, 4) is 0 Å². The van der Waals surface area contributed by atoms with Crippen molar-refractivity contribution < 1.29 is 10.0 Å². The number of likely N-dealkylation sites (tertiary alicyclic amines) is 1. The van der Waals surface area contributed by atoms with Crippen LogP contribution in [-0.2, 0) is 11.3 Å². The first kappa shape index (κ1) is 19.0. The van der Waals surface area contributed by atoms with Gasteiger partial charge in [-0.25, -0.2) is 10.5 Å². The smallest absolute Gasteiger partial charge is 0.267 e. The molecule has 3 heterocycles. The summed E-state index contributed by atoms with van der Waals surface area (Å²) in [6.07, 6.45) is 7.56. The van der Waals surface area contributed by atoms with Crippen LogP contribution in [0.2, 0.25) is 0 Å². The molecule has 1 aliphatic rings. The molecule has 1 aliphatic heterocycles. The molecule has 7 heteroatoms. The molecule has 0 saturated carbocycles. The largest absolute Gasteiger partial charge is 0.366 e. The van der Waals surface area contributed by atoms with E-state index in [1.165, 1.54) is 17.0 Å². The van der Waals surface area contributed by atoms with Gasteiger partial charge in [0, 0.05) is 49.5 Å². The number of carbonyl (C=O) groups excluding carboxylic acids is 1. The molecule has 7 nitrogen and oxygen atoms in total. The molecule has 4 rings (SSSR count). The Kier molecular flexibility index (Phi) is 5.79. The Bertz CT molecular complexity index is 1020. The van der Waals surface area contributed by atoms with Gasteiger partial charge in [0.1, 0.15) is 5.82 Å². The summed E-state index contributed by atoms with van der Waals surface area (Å²) in [4.78, 5) is 22.4. The van der Waals surface area contributed by atoms with Crippen LogP contribution >= 0.6 is 0 Å². The first-order valence-electron chi connectivity index (χ1n) is 9.60. The molecule has 29 heavy (non-hydrogen) atoms. The number of nitrogens with one attached hydrogen (secondary N) is 2. The third kappa shape index (κ3) is 4.96. The summed E-state index contributed by atoms with van der Waals surface area (Å²) in [7, 11) is 0. The molecule has 0 aliphatic carbocycles. The number of para-hydroxylation sites is 1. The van der Waals surface area contributed by atoms with Crippen LogP contribution in [0.1, 0.15) is 17.5 Å². The fourth-order valence-electron chi connectivity index (χ4n) is 3.56. The number of hydrogen-bond donors (Lipinski definition) is 3. The van der Waals surface area contributed by atoms with Crippen LogP contribution in [0.25, 0.3) is 17.0 Å². The Morgan fingerprint density at radius 3 is 2.93 bits per heavy atom. The van der Waals surface area contributed by atoms with Crippen molar-refractivity contribution in [1.29, 1.82) is 0 Å². The molecular formula is C22H23N5O2. The molecule has 0 spiro atoms. The van der Waals surface area contributed by atoms with Crippen LogP contribution in [0.5, 0.6) is 0 Å². The van der Waals surface area contributed by atoms with E-state index >= 15 is 0 Å². The van der Waals surface area contributed by atoms with Crippen LogP contribution in [0.15, 0.2) is 60.9 Å². The third-order valence-electron chi connectivity index (χ3n) is 5.00. The first-order chi connectivity index (χ1) is 14.2. The average molecular weight is 389 g/mol. The summed E-state index contributed by atoms with van der Waals surface area (Å²) in [6.45, 7) is 2.87. The highest BCUT2D eigenvalue weighted by Gasteiger charge is 2.22. The summed E-state index contributed by atoms with van der Waals surface area (Å²) < 4.78 is 0. The minimum atomic E-state index is -0.570. The van der Waals surface area contributed by atoms with Gasteiger partial charge in [0.05, 0.1) is 5.52 Å². The molecule has 148 valence electrons. The number of rotatable bonds is 6. The lowest BCUT2D eigenvalue weighted by Gasteiger charge is -2.17. The summed E-state index contributed by atoms with van der Waals surface area (Å²) in [6, 6.07) is 14.5. The second-order valence-electron chi connectivity index (χ2n) is 7.19. The SMILES string of the molecule is O=C(C=Cc1ccc(N[C@@H]2CCN(Cc3cnc4ccccc4c3)C2)nc1)NO. The van der Waals surface area contributed by atoms with Crippen molar-refractivity contribution >= 4 is 28.7 Å². The molecule has 3 aromatic rings. The second kappa shape index (κ2) is 8.81. The number of nitrogens with zero attached hydrogens (tertiary/aromatic N) is 3. The average Bonchev–Trinajstić information content (AvgIpc) is 3.19. The van der Waals surface area contributed by atoms with Crippen molar-refractivity contribution in [2.24, 2.45) is 0 Å². The zero-order valence-electron chi connectivity index (χ0n) is 16.0. The van der Waals surface area contributed by atoms with E-state index in [-0.39, 0.29) is 0 Å². The predicted molar refractivity (Wildman–Crippen MR) is 112 cm³/mol. The molecule has 0 radical (unpaired) electrons. The van der Waals surface area contributed by atoms with Crippen LogP contribution in [0, 0.1) is 0 Å². The highest BCUT2D eigenvalue weighted by atomic mass is 16.5. The maximum atomic E-state index is 11.0. The third-order valence-corrected chi connectivity index (χ3v) is 5.00. The lowest BCUT2D eigenvalue weighted by Crippen LogP contribution is -2.26. The minimum Gasteiger partial charge on any atom is -0.366 e. The number of hydroxylamine groups is 1. The van der Waals surface area contributed by atoms with Gasteiger partial charge in [0.15, 0.2) is 0 Å². The molecule has 1 saturated heterocycles. The van der Waals surface area contributed by atoms with Crippen LogP contribution < -0.4 is 10.8 Å². The Morgan fingerprint density at radius 1 is 1.21 bits per heavy atom. The number of amides is 1. The molecule has 1 fully saturated rings. The fourth-order valence-corrected chi connectivity index (χ4v) is 3.56. The summed E-state index contributed by atoms with van der Waals surface area (Å²) >= 11 is 0. The normalized spacial score (nSPS) is 17.1. The monoisotopic (exact) mass is 389 g/mol. The molecule has 0 bridgehead atoms. The summed E-state index contributed by atoms with van der Waals surface area (Å²) in [5, 5.41) is 13.1. The number of carbonyl (C=O) groups is 1. The van der Waals surface area contributed by atoms with Crippen molar-refractivity contribution in [1.82, 2.24) is 20.3 Å². The van der Waals surface area contributed by atoms with Gasteiger partial charge in [0.25, 0.3) is 5.91 Å². The number of aromatic nitrogens is 2. The van der Waals surface area contributed by atoms with E-state index in [1.54, 1.807) is 17.8 Å². The number of fused-ring (bicyclic) bond motifs is 1. The van der Waals surface area contributed by atoms with E-state index in [2.05, 4.69) is 32.3 Å². The van der Waals surface area contributed by atoms with E-state index in [9.17, 15) is 4.79 Å². The Morgan fingerprint density at radius 2 is 2.10 bits per heavy atom. The molecule has 1 aromatic carbocycles. The van der Waals surface area contributed by atoms with Gasteiger partial charge >= 0.3 is 0 Å². The highest BCUT2D eigenvalue weighted by molar-refractivity contribution is 5.90. The fraction of sp³-hybridized carbons (Fsp3) is 0.227. The molecule has 1 atom stereocenters. The van der Waals surface area contributed by atoms with Gasteiger partial charge in [-0.1, -0.05) is 18.2 Å². The van der Waals surface area contributed by atoms with Crippen molar-refractivity contribution in [2.75, 3.05) is 18.4 Å². The molecular weight excluding hydrogens is 366 g/mol. The summed E-state index contributed by atoms with van der Waals surface area (Å²) in [5.41, 5.74) is 4.60. The first-order valence-corrected chi connectivity index (χ1v) is 9.60. The van der Waals surface area contributed by atoms with Crippen LogP contribution in [0.3, 0.4) is 0 Å².